The summed E-state index contributed by atoms with van der Waals surface area (Å²) >= 11 is 0. The van der Waals surface area contributed by atoms with E-state index in [1.54, 1.807) is 24.3 Å². The quantitative estimate of drug-likeness (QED) is 0.643. The smallest absolute Gasteiger partial charge is 0.169 e. The van der Waals surface area contributed by atoms with Gasteiger partial charge in [0.15, 0.2) is 5.78 Å². The van der Waals surface area contributed by atoms with Crippen LogP contribution in [0.4, 0.5) is 0 Å². The Morgan fingerprint density at radius 3 is 2.41 bits per heavy atom. The number of carboxylic acid groups (broad SMARTS) is 1. The summed E-state index contributed by atoms with van der Waals surface area (Å²) in [7, 11) is 0. The molecule has 1 aromatic carbocycles. The van der Waals surface area contributed by atoms with Crippen molar-refractivity contribution in [3.8, 4) is 5.75 Å². The van der Waals surface area contributed by atoms with Crippen molar-refractivity contribution in [3.05, 3.63) is 29.8 Å². The van der Waals surface area contributed by atoms with Gasteiger partial charge in [0, 0.05) is 5.56 Å². The van der Waals surface area contributed by atoms with Crippen LogP contribution in [0.3, 0.4) is 0 Å². The molecule has 1 rings (SSSR count). The molecule has 5 nitrogen and oxygen atoms in total. The van der Waals surface area contributed by atoms with Crippen molar-refractivity contribution in [1.29, 1.82) is 0 Å². The Labute approximate surface area is 99.2 Å². The van der Waals surface area contributed by atoms with Crippen molar-refractivity contribution < 1.29 is 25.2 Å². The van der Waals surface area contributed by atoms with Crippen LogP contribution in [-0.2, 0) is 4.79 Å². The molecule has 0 radical (unpaired) electrons. The highest BCUT2D eigenvalue weighted by molar-refractivity contribution is 5.98. The molecule has 0 fully saturated rings. The van der Waals surface area contributed by atoms with Gasteiger partial charge in [-0.25, -0.2) is 0 Å². The van der Waals surface area contributed by atoms with Crippen LogP contribution in [0.5, 0.6) is 5.75 Å². The van der Waals surface area contributed by atoms with E-state index in [0.29, 0.717) is 17.9 Å². The number of ketones is 1. The highest BCUT2D eigenvalue weighted by Crippen LogP contribution is 2.13. The van der Waals surface area contributed by atoms with Gasteiger partial charge in [-0.1, -0.05) is 0 Å². The third kappa shape index (κ3) is 3.88. The number of hydrogen-bond donors (Lipinski definition) is 1. The number of carboxylic acids is 1. The number of carbonyl (C=O) groups is 2. The maximum atomic E-state index is 11.7. The molecule has 0 spiro atoms. The zero-order valence-corrected chi connectivity index (χ0v) is 9.64. The van der Waals surface area contributed by atoms with E-state index >= 15 is 0 Å². The van der Waals surface area contributed by atoms with Gasteiger partial charge < -0.3 is 20.4 Å². The van der Waals surface area contributed by atoms with Crippen LogP contribution >= 0.6 is 0 Å². The summed E-state index contributed by atoms with van der Waals surface area (Å²) in [5.41, 5.74) is 3.79. The average molecular weight is 237 g/mol. The fourth-order valence-corrected chi connectivity index (χ4v) is 1.33. The normalized spacial score (nSPS) is 11.9. The molecule has 0 aliphatic carbocycles. The van der Waals surface area contributed by atoms with Crippen molar-refractivity contribution >= 4 is 11.8 Å². The summed E-state index contributed by atoms with van der Waals surface area (Å²) in [6, 6.07) is 5.54. The Balaban J connectivity index is 2.66. The Kier molecular flexibility index (Phi) is 4.66. The zero-order valence-electron chi connectivity index (χ0n) is 9.64. The number of quaternary nitrogens is 1. The van der Waals surface area contributed by atoms with Gasteiger partial charge in [-0.2, -0.15) is 0 Å². The van der Waals surface area contributed by atoms with E-state index in [4.69, 9.17) is 4.74 Å². The molecule has 0 heterocycles. The SMILES string of the molecule is CCOc1ccc(C(=O)C[C@@H]([NH3+])C(=O)[O-])cc1. The van der Waals surface area contributed by atoms with Crippen LogP contribution in [0.1, 0.15) is 23.7 Å². The maximum absolute atomic E-state index is 11.7. The molecule has 0 bridgehead atoms. The minimum absolute atomic E-state index is 0.156. The van der Waals surface area contributed by atoms with E-state index in [9.17, 15) is 14.7 Å². The zero-order chi connectivity index (χ0) is 12.8. The van der Waals surface area contributed by atoms with Gasteiger partial charge >= 0.3 is 0 Å². The molecule has 0 unspecified atom stereocenters. The minimum atomic E-state index is -1.32. The lowest BCUT2D eigenvalue weighted by Gasteiger charge is -2.08. The van der Waals surface area contributed by atoms with Crippen molar-refractivity contribution in [2.75, 3.05) is 6.61 Å². The van der Waals surface area contributed by atoms with E-state index in [0.717, 1.165) is 0 Å². The van der Waals surface area contributed by atoms with Crippen LogP contribution in [-0.4, -0.2) is 24.4 Å². The molecular weight excluding hydrogens is 222 g/mol. The van der Waals surface area contributed by atoms with Crippen molar-refractivity contribution in [3.63, 3.8) is 0 Å². The summed E-state index contributed by atoms with van der Waals surface area (Å²) < 4.78 is 5.23. The summed E-state index contributed by atoms with van der Waals surface area (Å²) in [5, 5.41) is 10.5. The second-order valence-electron chi connectivity index (χ2n) is 3.60. The molecule has 0 saturated heterocycles. The Morgan fingerprint density at radius 1 is 1.35 bits per heavy atom. The fourth-order valence-electron chi connectivity index (χ4n) is 1.33. The van der Waals surface area contributed by atoms with Gasteiger partial charge in [0.25, 0.3) is 0 Å². The van der Waals surface area contributed by atoms with Gasteiger partial charge in [0.1, 0.15) is 11.8 Å². The molecule has 3 N–H and O–H groups in total. The summed E-state index contributed by atoms with van der Waals surface area (Å²) in [6.07, 6.45) is -0.156. The highest BCUT2D eigenvalue weighted by atomic mass is 16.5. The first-order valence-electron chi connectivity index (χ1n) is 5.34. The minimum Gasteiger partial charge on any atom is -0.544 e. The van der Waals surface area contributed by atoms with Crippen molar-refractivity contribution in [2.45, 2.75) is 19.4 Å². The predicted octanol–water partition coefficient (Wildman–Crippen LogP) is -0.981. The molecule has 0 saturated carbocycles. The molecule has 0 aliphatic heterocycles. The lowest BCUT2D eigenvalue weighted by molar-refractivity contribution is -0.435. The summed E-state index contributed by atoms with van der Waals surface area (Å²) in [6.45, 7) is 2.42. The number of carbonyl (C=O) groups excluding carboxylic acids is 2. The Bertz CT molecular complexity index is 399. The van der Waals surface area contributed by atoms with Gasteiger partial charge in [-0.15, -0.1) is 0 Å². The second-order valence-corrected chi connectivity index (χ2v) is 3.60. The Hall–Kier alpha value is -1.88. The van der Waals surface area contributed by atoms with E-state index in [1.807, 2.05) is 6.92 Å². The number of rotatable bonds is 6. The third-order valence-electron chi connectivity index (χ3n) is 2.25. The monoisotopic (exact) mass is 237 g/mol. The predicted molar refractivity (Wildman–Crippen MR) is 58.2 cm³/mol. The topological polar surface area (TPSA) is 94.1 Å². The Morgan fingerprint density at radius 2 is 1.94 bits per heavy atom. The second kappa shape index (κ2) is 6.00. The van der Waals surface area contributed by atoms with Gasteiger partial charge in [0.2, 0.25) is 0 Å². The number of ether oxygens (including phenoxy) is 1. The molecule has 0 aromatic heterocycles. The summed E-state index contributed by atoms with van der Waals surface area (Å²) in [4.78, 5) is 22.1. The van der Waals surface area contributed by atoms with E-state index in [1.165, 1.54) is 0 Å². The number of aliphatic carboxylic acids is 1. The standard InChI is InChI=1S/C12H15NO4/c1-2-17-9-5-3-8(4-6-9)11(14)7-10(13)12(15)16/h3-6,10H,2,7,13H2,1H3,(H,15,16)/t10-/m1/s1. The first-order valence-corrected chi connectivity index (χ1v) is 5.34. The molecule has 92 valence electrons. The molecule has 5 heteroatoms. The summed E-state index contributed by atoms with van der Waals surface area (Å²) in [5.74, 6) is -0.906. The molecule has 17 heavy (non-hydrogen) atoms. The van der Waals surface area contributed by atoms with Crippen LogP contribution < -0.4 is 15.6 Å². The fraction of sp³-hybridized carbons (Fsp3) is 0.333. The van der Waals surface area contributed by atoms with Gasteiger partial charge in [-0.3, -0.25) is 4.79 Å². The third-order valence-corrected chi connectivity index (χ3v) is 2.25. The largest absolute Gasteiger partial charge is 0.544 e. The van der Waals surface area contributed by atoms with Crippen LogP contribution in [0.25, 0.3) is 0 Å². The number of Topliss-reactive ketones (excluding diaryl/α,β-unsaturated/α-hetero) is 1. The first kappa shape index (κ1) is 13.2. The lowest BCUT2D eigenvalue weighted by atomic mass is 10.0. The highest BCUT2D eigenvalue weighted by Gasteiger charge is 2.15. The van der Waals surface area contributed by atoms with Gasteiger partial charge in [0.05, 0.1) is 19.0 Å². The molecule has 0 amide bonds. The average Bonchev–Trinajstić information content (AvgIpc) is 2.30. The van der Waals surface area contributed by atoms with Crippen LogP contribution in [0, 0.1) is 0 Å². The molecule has 1 atom stereocenters. The van der Waals surface area contributed by atoms with Gasteiger partial charge in [-0.05, 0) is 31.2 Å². The number of hydrogen-bond acceptors (Lipinski definition) is 4. The molecular formula is C12H15NO4. The van der Waals surface area contributed by atoms with E-state index in [-0.39, 0.29) is 12.2 Å². The van der Waals surface area contributed by atoms with Crippen molar-refractivity contribution in [2.24, 2.45) is 0 Å². The van der Waals surface area contributed by atoms with Crippen LogP contribution in [0.15, 0.2) is 24.3 Å². The first-order chi connectivity index (χ1) is 8.04. The maximum Gasteiger partial charge on any atom is 0.169 e. The molecule has 1 aromatic rings. The van der Waals surface area contributed by atoms with E-state index in [2.05, 4.69) is 5.73 Å². The molecule has 0 aliphatic rings. The lowest BCUT2D eigenvalue weighted by Crippen LogP contribution is -2.68. The van der Waals surface area contributed by atoms with Crippen molar-refractivity contribution in [1.82, 2.24) is 0 Å². The number of benzene rings is 1. The van der Waals surface area contributed by atoms with Crippen LogP contribution in [0.2, 0.25) is 0 Å². The van der Waals surface area contributed by atoms with E-state index < -0.39 is 12.0 Å².